The Bertz CT molecular complexity index is 592. The maximum Gasteiger partial charge on any atom is 0.260 e. The van der Waals surface area contributed by atoms with Gasteiger partial charge in [0.25, 0.3) is 10.0 Å². The number of aryl methyl sites for hydroxylation is 1. The summed E-state index contributed by atoms with van der Waals surface area (Å²) in [6.07, 6.45) is 5.04. The Morgan fingerprint density at radius 3 is 2.58 bits per heavy atom. The van der Waals surface area contributed by atoms with E-state index in [-0.39, 0.29) is 10.0 Å². The van der Waals surface area contributed by atoms with Gasteiger partial charge in [0.2, 0.25) is 0 Å². The summed E-state index contributed by atoms with van der Waals surface area (Å²) in [4.78, 5) is 0. The summed E-state index contributed by atoms with van der Waals surface area (Å²) in [5.74, 6) is 0. The van der Waals surface area contributed by atoms with Crippen molar-refractivity contribution < 1.29 is 8.42 Å². The van der Waals surface area contributed by atoms with E-state index in [9.17, 15) is 13.7 Å². The van der Waals surface area contributed by atoms with Crippen molar-refractivity contribution in [1.29, 1.82) is 5.26 Å². The molecule has 0 amide bonds. The summed E-state index contributed by atoms with van der Waals surface area (Å²) >= 11 is 5.85. The zero-order valence-electron chi connectivity index (χ0n) is 10.6. The topological polar surface area (TPSA) is 87.8 Å². The minimum absolute atomic E-state index is 0.0545. The molecule has 2 rings (SSSR count). The minimum atomic E-state index is -3.85. The number of hydrogen-bond donors (Lipinski definition) is 1. The van der Waals surface area contributed by atoms with E-state index < -0.39 is 15.6 Å². The van der Waals surface area contributed by atoms with Crippen LogP contribution < -0.4 is 4.72 Å². The lowest BCUT2D eigenvalue weighted by molar-refractivity contribution is 0.337. The van der Waals surface area contributed by atoms with Gasteiger partial charge in [0, 0.05) is 7.05 Å². The van der Waals surface area contributed by atoms with Crippen molar-refractivity contribution in [3.63, 3.8) is 0 Å². The molecule has 104 valence electrons. The fourth-order valence-corrected chi connectivity index (χ4v) is 4.44. The molecule has 8 heteroatoms. The number of halogens is 1. The summed E-state index contributed by atoms with van der Waals surface area (Å²) in [6.45, 7) is 0. The normalized spacial score (nSPS) is 19.0. The molecule has 0 spiro atoms. The van der Waals surface area contributed by atoms with Gasteiger partial charge in [0.15, 0.2) is 5.03 Å². The van der Waals surface area contributed by atoms with Crippen LogP contribution in [0.5, 0.6) is 0 Å². The third kappa shape index (κ3) is 2.76. The first kappa shape index (κ1) is 14.3. The Balaban J connectivity index is 2.34. The number of hydrogen-bond acceptors (Lipinski definition) is 4. The Kier molecular flexibility index (Phi) is 3.85. The zero-order valence-corrected chi connectivity index (χ0v) is 12.1. The van der Waals surface area contributed by atoms with Crippen LogP contribution >= 0.6 is 11.6 Å². The maximum absolute atomic E-state index is 12.4. The average Bonchev–Trinajstić information content (AvgIpc) is 2.70. The quantitative estimate of drug-likeness (QED) is 0.918. The summed E-state index contributed by atoms with van der Waals surface area (Å²) in [7, 11) is -2.35. The van der Waals surface area contributed by atoms with E-state index in [1.54, 1.807) is 0 Å². The van der Waals surface area contributed by atoms with Gasteiger partial charge in [-0.15, -0.1) is 0 Å². The third-order valence-corrected chi connectivity index (χ3v) is 5.39. The molecule has 6 nitrogen and oxygen atoms in total. The number of nitrogens with zero attached hydrogens (tertiary/aromatic N) is 3. The molecule has 0 aromatic carbocycles. The van der Waals surface area contributed by atoms with Gasteiger partial charge in [0.1, 0.15) is 5.54 Å². The number of sulfonamides is 1. The van der Waals surface area contributed by atoms with Gasteiger partial charge < -0.3 is 0 Å². The van der Waals surface area contributed by atoms with Crippen LogP contribution in [0.3, 0.4) is 0 Å². The van der Waals surface area contributed by atoms with E-state index in [1.807, 2.05) is 0 Å². The molecule has 1 aliphatic carbocycles. The van der Waals surface area contributed by atoms with Gasteiger partial charge in [-0.05, 0) is 12.8 Å². The van der Waals surface area contributed by atoms with Crippen LogP contribution in [0.2, 0.25) is 5.02 Å². The molecule has 1 fully saturated rings. The number of rotatable bonds is 3. The average molecular weight is 303 g/mol. The van der Waals surface area contributed by atoms with Gasteiger partial charge in [-0.25, -0.2) is 8.42 Å². The predicted octanol–water partition coefficient (Wildman–Crippen LogP) is 1.58. The van der Waals surface area contributed by atoms with Gasteiger partial charge in [-0.2, -0.15) is 15.1 Å². The first-order valence-electron chi connectivity index (χ1n) is 6.03. The smallest absolute Gasteiger partial charge is 0.255 e. The van der Waals surface area contributed by atoms with Gasteiger partial charge in [-0.3, -0.25) is 4.68 Å². The first-order chi connectivity index (χ1) is 8.90. The highest BCUT2D eigenvalue weighted by molar-refractivity contribution is 7.89. The predicted molar refractivity (Wildman–Crippen MR) is 70.0 cm³/mol. The highest BCUT2D eigenvalue weighted by atomic mass is 35.5. The molecule has 1 saturated carbocycles. The van der Waals surface area contributed by atoms with Gasteiger partial charge in [-0.1, -0.05) is 30.9 Å². The third-order valence-electron chi connectivity index (χ3n) is 3.35. The second kappa shape index (κ2) is 5.12. The van der Waals surface area contributed by atoms with E-state index in [1.165, 1.54) is 17.9 Å². The second-order valence-electron chi connectivity index (χ2n) is 4.78. The molecule has 19 heavy (non-hydrogen) atoms. The Morgan fingerprint density at radius 1 is 1.47 bits per heavy atom. The van der Waals surface area contributed by atoms with Crippen molar-refractivity contribution in [2.75, 3.05) is 0 Å². The lowest BCUT2D eigenvalue weighted by Crippen LogP contribution is -2.48. The second-order valence-corrected chi connectivity index (χ2v) is 6.79. The molecule has 0 bridgehead atoms. The van der Waals surface area contributed by atoms with Crippen LogP contribution in [-0.4, -0.2) is 23.7 Å². The largest absolute Gasteiger partial charge is 0.260 e. The molecule has 1 heterocycles. The molecular formula is C11H15ClN4O2S. The molecule has 1 aliphatic rings. The van der Waals surface area contributed by atoms with E-state index in [0.29, 0.717) is 12.8 Å². The lowest BCUT2D eigenvalue weighted by atomic mass is 9.84. The van der Waals surface area contributed by atoms with Crippen molar-refractivity contribution in [2.24, 2.45) is 7.05 Å². The Hall–Kier alpha value is -1.10. The van der Waals surface area contributed by atoms with Gasteiger partial charge >= 0.3 is 0 Å². The van der Waals surface area contributed by atoms with Crippen molar-refractivity contribution in [2.45, 2.75) is 42.7 Å². The fourth-order valence-electron chi connectivity index (χ4n) is 2.40. The Labute approximate surface area is 117 Å². The molecule has 0 unspecified atom stereocenters. The standard InChI is InChI=1S/C11H15ClN4O2S/c1-16-10(9(12)7-14-16)19(17,18)15-11(8-13)5-3-2-4-6-11/h7,15H,2-6H2,1H3. The summed E-state index contributed by atoms with van der Waals surface area (Å²) < 4.78 is 28.4. The summed E-state index contributed by atoms with van der Waals surface area (Å²) in [5.41, 5.74) is -1.02. The molecule has 0 saturated heterocycles. The van der Waals surface area contributed by atoms with E-state index in [2.05, 4.69) is 15.9 Å². The highest BCUT2D eigenvalue weighted by Gasteiger charge is 2.38. The van der Waals surface area contributed by atoms with Crippen LogP contribution in [0.15, 0.2) is 11.2 Å². The lowest BCUT2D eigenvalue weighted by Gasteiger charge is -2.31. The van der Waals surface area contributed by atoms with Crippen molar-refractivity contribution in [3.05, 3.63) is 11.2 Å². The van der Waals surface area contributed by atoms with Crippen LogP contribution in [0, 0.1) is 11.3 Å². The zero-order chi connectivity index (χ0) is 14.1. The van der Waals surface area contributed by atoms with Crippen LogP contribution in [0.4, 0.5) is 0 Å². The molecular weight excluding hydrogens is 288 g/mol. The van der Waals surface area contributed by atoms with Gasteiger partial charge in [0.05, 0.1) is 17.3 Å². The SMILES string of the molecule is Cn1ncc(Cl)c1S(=O)(=O)NC1(C#N)CCCCC1. The summed E-state index contributed by atoms with van der Waals surface area (Å²) in [6, 6.07) is 2.11. The number of nitriles is 1. The van der Waals surface area contributed by atoms with E-state index >= 15 is 0 Å². The molecule has 0 atom stereocenters. The van der Waals surface area contributed by atoms with E-state index in [4.69, 9.17) is 11.6 Å². The molecule has 1 N–H and O–H groups in total. The first-order valence-corrected chi connectivity index (χ1v) is 7.89. The fraction of sp³-hybridized carbons (Fsp3) is 0.636. The maximum atomic E-state index is 12.4. The van der Waals surface area contributed by atoms with Crippen molar-refractivity contribution in [3.8, 4) is 6.07 Å². The van der Waals surface area contributed by atoms with Crippen LogP contribution in [0.1, 0.15) is 32.1 Å². The highest BCUT2D eigenvalue weighted by Crippen LogP contribution is 2.30. The molecule has 1 aromatic heterocycles. The molecule has 1 aromatic rings. The molecule has 0 radical (unpaired) electrons. The van der Waals surface area contributed by atoms with Crippen molar-refractivity contribution >= 4 is 21.6 Å². The monoisotopic (exact) mass is 302 g/mol. The minimum Gasteiger partial charge on any atom is -0.255 e. The van der Waals surface area contributed by atoms with E-state index in [0.717, 1.165) is 19.3 Å². The Morgan fingerprint density at radius 2 is 2.11 bits per heavy atom. The number of nitrogens with one attached hydrogen (secondary N) is 1. The van der Waals surface area contributed by atoms with Crippen molar-refractivity contribution in [1.82, 2.24) is 14.5 Å². The van der Waals surface area contributed by atoms with Crippen LogP contribution in [0.25, 0.3) is 0 Å². The summed E-state index contributed by atoms with van der Waals surface area (Å²) in [5, 5.41) is 13.1. The number of aromatic nitrogens is 2. The molecule has 0 aliphatic heterocycles. The van der Waals surface area contributed by atoms with Crippen LogP contribution in [-0.2, 0) is 17.1 Å².